The van der Waals surface area contributed by atoms with E-state index in [0.29, 0.717) is 38.2 Å². The molecule has 0 saturated carbocycles. The van der Waals surface area contributed by atoms with Gasteiger partial charge in [0.05, 0.1) is 13.5 Å². The Morgan fingerprint density at radius 2 is 1.52 bits per heavy atom. The van der Waals surface area contributed by atoms with Crippen molar-refractivity contribution in [2.45, 2.75) is 12.8 Å². The van der Waals surface area contributed by atoms with Gasteiger partial charge in [0.1, 0.15) is 5.75 Å². The van der Waals surface area contributed by atoms with E-state index in [1.165, 1.54) is 0 Å². The second-order valence-electron chi connectivity index (χ2n) is 7.49. The zero-order chi connectivity index (χ0) is 20.8. The maximum absolute atomic E-state index is 12.9. The van der Waals surface area contributed by atoms with Crippen LogP contribution >= 0.6 is 0 Å². The molecule has 3 rings (SSSR count). The molecule has 0 aliphatic carbocycles. The predicted molar refractivity (Wildman–Crippen MR) is 115 cm³/mol. The van der Waals surface area contributed by atoms with Gasteiger partial charge in [-0.3, -0.25) is 9.59 Å². The van der Waals surface area contributed by atoms with Crippen molar-refractivity contribution in [3.63, 3.8) is 0 Å². The monoisotopic (exact) mass is 395 g/mol. The Labute approximate surface area is 172 Å². The van der Waals surface area contributed by atoms with Gasteiger partial charge in [-0.25, -0.2) is 0 Å². The van der Waals surface area contributed by atoms with Crippen molar-refractivity contribution in [1.29, 1.82) is 0 Å². The Morgan fingerprint density at radius 3 is 2.14 bits per heavy atom. The lowest BCUT2D eigenvalue weighted by atomic mass is 10.1. The molecule has 6 heteroatoms. The molecule has 0 N–H and O–H groups in total. The van der Waals surface area contributed by atoms with Crippen LogP contribution in [0.2, 0.25) is 0 Å². The van der Waals surface area contributed by atoms with Crippen molar-refractivity contribution in [3.8, 4) is 5.75 Å². The average Bonchev–Trinajstić information content (AvgIpc) is 3.00. The minimum absolute atomic E-state index is 0.0276. The lowest BCUT2D eigenvalue weighted by molar-refractivity contribution is -0.130. The number of rotatable bonds is 5. The van der Waals surface area contributed by atoms with Crippen LogP contribution in [-0.4, -0.2) is 69.0 Å². The van der Waals surface area contributed by atoms with E-state index in [4.69, 9.17) is 4.74 Å². The molecule has 1 fully saturated rings. The highest BCUT2D eigenvalue weighted by molar-refractivity contribution is 5.94. The first-order valence-electron chi connectivity index (χ1n) is 9.95. The number of methoxy groups -OCH3 is 1. The van der Waals surface area contributed by atoms with Gasteiger partial charge in [-0.15, -0.1) is 0 Å². The molecule has 1 saturated heterocycles. The van der Waals surface area contributed by atoms with Crippen LogP contribution in [0.25, 0.3) is 0 Å². The van der Waals surface area contributed by atoms with Crippen LogP contribution in [-0.2, 0) is 11.2 Å². The zero-order valence-corrected chi connectivity index (χ0v) is 17.4. The van der Waals surface area contributed by atoms with E-state index < -0.39 is 0 Å². The van der Waals surface area contributed by atoms with Crippen molar-refractivity contribution >= 4 is 17.5 Å². The highest BCUT2D eigenvalue weighted by Gasteiger charge is 2.23. The quantitative estimate of drug-likeness (QED) is 0.781. The molecular formula is C23H29N3O3. The number of amides is 2. The van der Waals surface area contributed by atoms with Crippen molar-refractivity contribution < 1.29 is 14.3 Å². The van der Waals surface area contributed by atoms with Gasteiger partial charge in [-0.05, 0) is 48.4 Å². The number of hydrogen-bond donors (Lipinski definition) is 0. The van der Waals surface area contributed by atoms with Crippen LogP contribution in [0.1, 0.15) is 22.3 Å². The minimum atomic E-state index is 0.0276. The lowest BCUT2D eigenvalue weighted by Gasteiger charge is -2.22. The zero-order valence-electron chi connectivity index (χ0n) is 17.4. The van der Waals surface area contributed by atoms with Crippen molar-refractivity contribution in [2.24, 2.45) is 0 Å². The van der Waals surface area contributed by atoms with Gasteiger partial charge in [-0.2, -0.15) is 0 Å². The molecule has 154 valence electrons. The molecular weight excluding hydrogens is 366 g/mol. The number of anilines is 1. The summed E-state index contributed by atoms with van der Waals surface area (Å²) in [6.45, 7) is 2.47. The molecule has 0 bridgehead atoms. The molecule has 0 atom stereocenters. The topological polar surface area (TPSA) is 53.1 Å². The summed E-state index contributed by atoms with van der Waals surface area (Å²) >= 11 is 0. The van der Waals surface area contributed by atoms with Crippen molar-refractivity contribution in [2.75, 3.05) is 52.3 Å². The standard InChI is InChI=1S/C23H29N3O3/c1-24(2)20-9-7-19(8-10-20)23(28)26-14-4-13-25(15-16-26)22(27)17-18-5-11-21(29-3)12-6-18/h5-12H,4,13-17H2,1-3H3. The van der Waals surface area contributed by atoms with Crippen molar-refractivity contribution in [3.05, 3.63) is 59.7 Å². The van der Waals surface area contributed by atoms with Gasteiger partial charge >= 0.3 is 0 Å². The Hall–Kier alpha value is -3.02. The SMILES string of the molecule is COc1ccc(CC(=O)N2CCCN(C(=O)c3ccc(N(C)C)cc3)CC2)cc1. The Bertz CT molecular complexity index is 831. The maximum atomic E-state index is 12.9. The molecule has 1 aliphatic heterocycles. The van der Waals surface area contributed by atoms with Crippen molar-refractivity contribution in [1.82, 2.24) is 9.80 Å². The summed E-state index contributed by atoms with van der Waals surface area (Å²) in [5.41, 5.74) is 2.72. The van der Waals surface area contributed by atoms with Crippen LogP contribution < -0.4 is 9.64 Å². The van der Waals surface area contributed by atoms with E-state index in [9.17, 15) is 9.59 Å². The van der Waals surface area contributed by atoms with E-state index in [1.807, 2.05) is 77.3 Å². The number of benzene rings is 2. The number of carbonyl (C=O) groups is 2. The molecule has 0 unspecified atom stereocenters. The first-order chi connectivity index (χ1) is 14.0. The summed E-state index contributed by atoms with van der Waals surface area (Å²) in [5, 5.41) is 0. The number of hydrogen-bond acceptors (Lipinski definition) is 4. The highest BCUT2D eigenvalue weighted by atomic mass is 16.5. The fraction of sp³-hybridized carbons (Fsp3) is 0.391. The number of nitrogens with zero attached hydrogens (tertiary/aromatic N) is 3. The fourth-order valence-electron chi connectivity index (χ4n) is 3.48. The summed E-state index contributed by atoms with van der Waals surface area (Å²) in [5.74, 6) is 0.906. The molecule has 29 heavy (non-hydrogen) atoms. The second kappa shape index (κ2) is 9.45. The molecule has 1 aliphatic rings. The third kappa shape index (κ3) is 5.28. The van der Waals surface area contributed by atoms with Gasteiger partial charge in [-0.1, -0.05) is 12.1 Å². The van der Waals surface area contributed by atoms with E-state index in [2.05, 4.69) is 0 Å². The molecule has 6 nitrogen and oxygen atoms in total. The lowest BCUT2D eigenvalue weighted by Crippen LogP contribution is -2.38. The summed E-state index contributed by atoms with van der Waals surface area (Å²) in [7, 11) is 5.58. The number of ether oxygens (including phenoxy) is 1. The van der Waals surface area contributed by atoms with Crippen LogP contribution in [0.4, 0.5) is 5.69 Å². The smallest absolute Gasteiger partial charge is 0.253 e. The summed E-state index contributed by atoms with van der Waals surface area (Å²) in [6, 6.07) is 15.2. The minimum Gasteiger partial charge on any atom is -0.497 e. The van der Waals surface area contributed by atoms with E-state index >= 15 is 0 Å². The third-order valence-corrected chi connectivity index (χ3v) is 5.28. The van der Waals surface area contributed by atoms with E-state index in [-0.39, 0.29) is 11.8 Å². The Balaban J connectivity index is 1.57. The summed E-state index contributed by atoms with van der Waals surface area (Å²) in [6.07, 6.45) is 1.15. The van der Waals surface area contributed by atoms with Crippen LogP contribution in [0.15, 0.2) is 48.5 Å². The maximum Gasteiger partial charge on any atom is 0.253 e. The van der Waals surface area contributed by atoms with Crippen LogP contribution in [0.5, 0.6) is 5.75 Å². The molecule has 2 amide bonds. The summed E-state index contributed by atoms with van der Waals surface area (Å²) < 4.78 is 5.16. The van der Waals surface area contributed by atoms with Gasteiger partial charge < -0.3 is 19.4 Å². The average molecular weight is 396 g/mol. The van der Waals surface area contributed by atoms with E-state index in [0.717, 1.165) is 23.4 Å². The third-order valence-electron chi connectivity index (χ3n) is 5.28. The molecule has 1 heterocycles. The highest BCUT2D eigenvalue weighted by Crippen LogP contribution is 2.16. The molecule has 0 aromatic heterocycles. The summed E-state index contributed by atoms with van der Waals surface area (Å²) in [4.78, 5) is 31.3. The van der Waals surface area contributed by atoms with Gasteiger partial charge in [0.25, 0.3) is 5.91 Å². The molecule has 2 aromatic rings. The second-order valence-corrected chi connectivity index (χ2v) is 7.49. The van der Waals surface area contributed by atoms with Gasteiger partial charge in [0.2, 0.25) is 5.91 Å². The first kappa shape index (κ1) is 20.7. The van der Waals surface area contributed by atoms with Crippen LogP contribution in [0, 0.1) is 0 Å². The molecule has 2 aromatic carbocycles. The first-order valence-corrected chi connectivity index (χ1v) is 9.95. The Kier molecular flexibility index (Phi) is 6.75. The molecule has 0 spiro atoms. The number of carbonyl (C=O) groups excluding carboxylic acids is 2. The molecule has 0 radical (unpaired) electrons. The normalized spacial score (nSPS) is 14.3. The van der Waals surface area contributed by atoms with Crippen LogP contribution in [0.3, 0.4) is 0 Å². The largest absolute Gasteiger partial charge is 0.497 e. The predicted octanol–water partition coefficient (Wildman–Crippen LogP) is 2.68. The fourth-order valence-corrected chi connectivity index (χ4v) is 3.48. The Morgan fingerprint density at radius 1 is 0.897 bits per heavy atom. The van der Waals surface area contributed by atoms with Gasteiger partial charge in [0, 0.05) is 51.5 Å². The van der Waals surface area contributed by atoms with Gasteiger partial charge in [0.15, 0.2) is 0 Å². The van der Waals surface area contributed by atoms with E-state index in [1.54, 1.807) is 7.11 Å².